The first-order chi connectivity index (χ1) is 13.5. The van der Waals surface area contributed by atoms with Gasteiger partial charge in [-0.1, -0.05) is 50.2 Å². The van der Waals surface area contributed by atoms with Gasteiger partial charge in [0.05, 0.1) is 5.69 Å². The highest BCUT2D eigenvalue weighted by Gasteiger charge is 2.42. The van der Waals surface area contributed by atoms with E-state index in [0.29, 0.717) is 6.42 Å². The van der Waals surface area contributed by atoms with Gasteiger partial charge in [0.2, 0.25) is 0 Å². The molecule has 1 aliphatic carbocycles. The van der Waals surface area contributed by atoms with E-state index in [4.69, 9.17) is 0 Å². The second-order valence-electron chi connectivity index (χ2n) is 8.40. The van der Waals surface area contributed by atoms with Crippen molar-refractivity contribution in [2.75, 3.05) is 5.32 Å². The summed E-state index contributed by atoms with van der Waals surface area (Å²) in [4.78, 5) is 17.6. The standard InChI is InChI=1S/C23H22N4O/c1-23(2)11-16-19(17(28)12-23)18(15-9-6-10-24-13-15)20-21(26-27-22(20)25-16)14-7-4-3-5-8-14/h3-10,13,18H,11-12H2,1-2H3,(H2,25,26,27). The summed E-state index contributed by atoms with van der Waals surface area (Å²) in [6, 6.07) is 14.1. The predicted octanol–water partition coefficient (Wildman–Crippen LogP) is 4.67. The molecule has 1 unspecified atom stereocenters. The van der Waals surface area contributed by atoms with Gasteiger partial charge in [0.25, 0.3) is 0 Å². The number of carbonyl (C=O) groups excluding carboxylic acids is 1. The number of rotatable bonds is 2. The third-order valence-corrected chi connectivity index (χ3v) is 5.65. The molecule has 0 spiro atoms. The SMILES string of the molecule is CC1(C)CC(=O)C2=C(C1)Nc1n[nH]c(-c3ccccc3)c1C2c1cccnc1. The molecule has 5 rings (SSSR count). The first kappa shape index (κ1) is 16.9. The minimum atomic E-state index is -0.169. The lowest BCUT2D eigenvalue weighted by Gasteiger charge is -2.38. The minimum Gasteiger partial charge on any atom is -0.342 e. The Morgan fingerprint density at radius 3 is 2.64 bits per heavy atom. The van der Waals surface area contributed by atoms with Crippen molar-refractivity contribution >= 4 is 11.6 Å². The number of nitrogens with zero attached hydrogens (tertiary/aromatic N) is 2. The molecular formula is C23H22N4O. The van der Waals surface area contributed by atoms with Crippen molar-refractivity contribution in [2.45, 2.75) is 32.6 Å². The fourth-order valence-electron chi connectivity index (χ4n) is 4.50. The predicted molar refractivity (Wildman–Crippen MR) is 109 cm³/mol. The van der Waals surface area contributed by atoms with E-state index >= 15 is 0 Å². The van der Waals surface area contributed by atoms with Crippen molar-refractivity contribution in [1.82, 2.24) is 15.2 Å². The van der Waals surface area contributed by atoms with Crippen LogP contribution in [-0.2, 0) is 4.79 Å². The number of aromatic nitrogens is 3. The van der Waals surface area contributed by atoms with E-state index in [2.05, 4.69) is 46.5 Å². The summed E-state index contributed by atoms with van der Waals surface area (Å²) in [6.07, 6.45) is 5.01. The molecule has 0 radical (unpaired) electrons. The van der Waals surface area contributed by atoms with Crippen molar-refractivity contribution in [3.05, 3.63) is 77.3 Å². The number of hydrogen-bond acceptors (Lipinski definition) is 4. The lowest BCUT2D eigenvalue weighted by atomic mass is 9.69. The van der Waals surface area contributed by atoms with Gasteiger partial charge in [0.15, 0.2) is 11.6 Å². The largest absolute Gasteiger partial charge is 0.342 e. The monoisotopic (exact) mass is 370 g/mol. The van der Waals surface area contributed by atoms with Crippen LogP contribution >= 0.6 is 0 Å². The smallest absolute Gasteiger partial charge is 0.162 e. The van der Waals surface area contributed by atoms with E-state index in [9.17, 15) is 4.79 Å². The zero-order chi connectivity index (χ0) is 19.3. The molecule has 1 atom stereocenters. The molecule has 0 bridgehead atoms. The number of H-pyrrole nitrogens is 1. The molecule has 140 valence electrons. The summed E-state index contributed by atoms with van der Waals surface area (Å²) >= 11 is 0. The van der Waals surface area contributed by atoms with Crippen LogP contribution in [0.4, 0.5) is 5.82 Å². The Bertz CT molecular complexity index is 1080. The quantitative estimate of drug-likeness (QED) is 0.687. The van der Waals surface area contributed by atoms with E-state index in [1.807, 2.05) is 36.5 Å². The second kappa shape index (κ2) is 6.16. The van der Waals surface area contributed by atoms with Gasteiger partial charge in [-0.25, -0.2) is 0 Å². The molecule has 2 N–H and O–H groups in total. The van der Waals surface area contributed by atoms with Crippen LogP contribution in [0.1, 0.15) is 43.7 Å². The number of pyridine rings is 1. The van der Waals surface area contributed by atoms with E-state index in [0.717, 1.165) is 45.9 Å². The van der Waals surface area contributed by atoms with Crippen LogP contribution in [-0.4, -0.2) is 21.0 Å². The van der Waals surface area contributed by atoms with Gasteiger partial charge in [-0.3, -0.25) is 14.9 Å². The first-order valence-electron chi connectivity index (χ1n) is 9.60. The molecule has 1 aromatic carbocycles. The number of benzene rings is 1. The normalized spacial score (nSPS) is 20.4. The molecule has 3 aromatic rings. The molecule has 2 aliphatic rings. The number of Topliss-reactive ketones (excluding diaryl/α,β-unsaturated/α-hetero) is 1. The molecule has 0 fully saturated rings. The number of nitrogens with one attached hydrogen (secondary N) is 2. The Labute approximate surface area is 163 Å². The van der Waals surface area contributed by atoms with Gasteiger partial charge in [0, 0.05) is 41.6 Å². The topological polar surface area (TPSA) is 70.7 Å². The highest BCUT2D eigenvalue weighted by Crippen LogP contribution is 2.50. The number of fused-ring (bicyclic) bond motifs is 1. The van der Waals surface area contributed by atoms with Gasteiger partial charge in [-0.2, -0.15) is 5.10 Å². The van der Waals surface area contributed by atoms with Gasteiger partial charge < -0.3 is 5.32 Å². The molecular weight excluding hydrogens is 348 g/mol. The maximum absolute atomic E-state index is 13.3. The molecule has 3 heterocycles. The summed E-state index contributed by atoms with van der Waals surface area (Å²) in [5, 5.41) is 11.2. The van der Waals surface area contributed by atoms with Gasteiger partial charge >= 0.3 is 0 Å². The van der Waals surface area contributed by atoms with Crippen molar-refractivity contribution in [3.63, 3.8) is 0 Å². The van der Waals surface area contributed by atoms with Gasteiger partial charge in [-0.05, 0) is 29.0 Å². The van der Waals surface area contributed by atoms with E-state index < -0.39 is 0 Å². The van der Waals surface area contributed by atoms with E-state index in [-0.39, 0.29) is 17.1 Å². The fourth-order valence-corrected chi connectivity index (χ4v) is 4.50. The first-order valence-corrected chi connectivity index (χ1v) is 9.60. The summed E-state index contributed by atoms with van der Waals surface area (Å²) < 4.78 is 0. The van der Waals surface area contributed by atoms with Gasteiger partial charge in [0.1, 0.15) is 0 Å². The number of carbonyl (C=O) groups is 1. The average molecular weight is 370 g/mol. The van der Waals surface area contributed by atoms with Crippen LogP contribution in [0, 0.1) is 5.41 Å². The number of anilines is 1. The summed E-state index contributed by atoms with van der Waals surface area (Å²) in [7, 11) is 0. The van der Waals surface area contributed by atoms with Crippen LogP contribution < -0.4 is 5.32 Å². The van der Waals surface area contributed by atoms with Crippen LogP contribution in [0.3, 0.4) is 0 Å². The van der Waals surface area contributed by atoms with E-state index in [1.165, 1.54) is 0 Å². The third-order valence-electron chi connectivity index (χ3n) is 5.65. The summed E-state index contributed by atoms with van der Waals surface area (Å²) in [6.45, 7) is 4.29. The Kier molecular flexibility index (Phi) is 3.72. The van der Waals surface area contributed by atoms with Crippen molar-refractivity contribution in [2.24, 2.45) is 5.41 Å². The number of aromatic amines is 1. The maximum atomic E-state index is 13.3. The lowest BCUT2D eigenvalue weighted by molar-refractivity contribution is -0.118. The Morgan fingerprint density at radius 2 is 1.89 bits per heavy atom. The summed E-state index contributed by atoms with van der Waals surface area (Å²) in [5.41, 5.74) is 5.83. The van der Waals surface area contributed by atoms with Crippen LogP contribution in [0.5, 0.6) is 0 Å². The third kappa shape index (κ3) is 2.66. The number of hydrogen-bond donors (Lipinski definition) is 2. The Morgan fingerprint density at radius 1 is 1.07 bits per heavy atom. The number of allylic oxidation sites excluding steroid dienone is 2. The van der Waals surface area contributed by atoms with Crippen LogP contribution in [0.2, 0.25) is 0 Å². The Hall–Kier alpha value is -3.21. The van der Waals surface area contributed by atoms with Crippen LogP contribution in [0.15, 0.2) is 66.1 Å². The molecule has 5 nitrogen and oxygen atoms in total. The molecule has 0 saturated heterocycles. The zero-order valence-corrected chi connectivity index (χ0v) is 16.0. The van der Waals surface area contributed by atoms with Crippen molar-refractivity contribution < 1.29 is 4.79 Å². The Balaban J connectivity index is 1.74. The van der Waals surface area contributed by atoms with Crippen molar-refractivity contribution in [1.29, 1.82) is 0 Å². The number of ketones is 1. The van der Waals surface area contributed by atoms with E-state index in [1.54, 1.807) is 6.20 Å². The second-order valence-corrected chi connectivity index (χ2v) is 8.40. The lowest BCUT2D eigenvalue weighted by Crippen LogP contribution is -2.33. The highest BCUT2D eigenvalue weighted by molar-refractivity contribution is 6.02. The summed E-state index contributed by atoms with van der Waals surface area (Å²) in [5.74, 6) is 0.841. The zero-order valence-electron chi connectivity index (χ0n) is 16.0. The molecule has 1 aliphatic heterocycles. The van der Waals surface area contributed by atoms with Crippen molar-refractivity contribution in [3.8, 4) is 11.3 Å². The molecule has 28 heavy (non-hydrogen) atoms. The molecule has 0 amide bonds. The molecule has 2 aromatic heterocycles. The minimum absolute atomic E-state index is 0.0571. The highest BCUT2D eigenvalue weighted by atomic mass is 16.1. The molecule has 0 saturated carbocycles. The van der Waals surface area contributed by atoms with Crippen LogP contribution in [0.25, 0.3) is 11.3 Å². The average Bonchev–Trinajstić information content (AvgIpc) is 3.10. The van der Waals surface area contributed by atoms with Gasteiger partial charge in [-0.15, -0.1) is 0 Å². The molecule has 5 heteroatoms. The maximum Gasteiger partial charge on any atom is 0.162 e. The fraction of sp³-hybridized carbons (Fsp3) is 0.261.